The lowest BCUT2D eigenvalue weighted by Gasteiger charge is -2.28. The molecular formula is C17H20NO3PS. The van der Waals surface area contributed by atoms with Gasteiger partial charge < -0.3 is 5.11 Å². The molecule has 1 heterocycles. The van der Waals surface area contributed by atoms with E-state index in [1.165, 1.54) is 11.8 Å². The van der Waals surface area contributed by atoms with E-state index in [9.17, 15) is 14.5 Å². The van der Waals surface area contributed by atoms with Gasteiger partial charge in [-0.3, -0.25) is 9.36 Å². The number of para-hydroxylation sites is 1. The first-order chi connectivity index (χ1) is 11.0. The maximum absolute atomic E-state index is 11.8. The van der Waals surface area contributed by atoms with Gasteiger partial charge in [-0.25, -0.2) is 4.98 Å². The standard InChI is InChI=1S/C17H20NO3PS/c1-12(2)9-17(10-22-21,16(19)20)11-23-15-8-7-13-5-3-4-6-14(13)18-15/h3-8,12H,9-11H2,1-2H3,(H,19,20). The van der Waals surface area contributed by atoms with Crippen LogP contribution >= 0.6 is 20.2 Å². The summed E-state index contributed by atoms with van der Waals surface area (Å²) >= 11 is 1.42. The molecule has 0 fully saturated rings. The Balaban J connectivity index is 2.21. The zero-order valence-corrected chi connectivity index (χ0v) is 14.9. The molecular weight excluding hydrogens is 329 g/mol. The summed E-state index contributed by atoms with van der Waals surface area (Å²) in [6.45, 7) is 3.97. The Kier molecular flexibility index (Phi) is 6.14. The fourth-order valence-corrected chi connectivity index (χ4v) is 4.50. The minimum absolute atomic E-state index is 0.126. The molecule has 1 atom stereocenters. The molecule has 0 bridgehead atoms. The van der Waals surface area contributed by atoms with Crippen molar-refractivity contribution in [3.05, 3.63) is 36.4 Å². The summed E-state index contributed by atoms with van der Waals surface area (Å²) in [5.41, 5.74) is -0.0978. The van der Waals surface area contributed by atoms with Gasteiger partial charge in [-0.1, -0.05) is 38.1 Å². The smallest absolute Gasteiger partial charge is 0.311 e. The first-order valence-electron chi connectivity index (χ1n) is 7.48. The molecule has 1 unspecified atom stereocenters. The molecule has 0 aliphatic carbocycles. The van der Waals surface area contributed by atoms with Crippen molar-refractivity contribution in [3.8, 4) is 0 Å². The van der Waals surface area contributed by atoms with Crippen LogP contribution in [0.3, 0.4) is 0 Å². The summed E-state index contributed by atoms with van der Waals surface area (Å²) in [4.78, 5) is 16.4. The van der Waals surface area contributed by atoms with Crippen molar-refractivity contribution < 1.29 is 14.5 Å². The lowest BCUT2D eigenvalue weighted by Crippen LogP contribution is -2.37. The molecule has 0 radical (unpaired) electrons. The van der Waals surface area contributed by atoms with Crippen LogP contribution in [0.5, 0.6) is 0 Å². The molecule has 2 aromatic rings. The number of hydrogen-bond donors (Lipinski definition) is 1. The van der Waals surface area contributed by atoms with Crippen molar-refractivity contribution in [3.63, 3.8) is 0 Å². The summed E-state index contributed by atoms with van der Waals surface area (Å²) in [7, 11) is -0.130. The Morgan fingerprint density at radius 1 is 1.30 bits per heavy atom. The van der Waals surface area contributed by atoms with Gasteiger partial charge in [0.25, 0.3) is 0 Å². The third-order valence-corrected chi connectivity index (χ3v) is 5.64. The number of aliphatic carboxylic acids is 1. The zero-order valence-electron chi connectivity index (χ0n) is 13.2. The lowest BCUT2D eigenvalue weighted by atomic mass is 9.83. The van der Waals surface area contributed by atoms with Crippen LogP contribution in [0.4, 0.5) is 0 Å². The molecule has 0 aliphatic heterocycles. The first-order valence-corrected chi connectivity index (χ1v) is 9.46. The fraction of sp³-hybridized carbons (Fsp3) is 0.412. The van der Waals surface area contributed by atoms with E-state index in [1.807, 2.05) is 50.2 Å². The summed E-state index contributed by atoms with van der Waals surface area (Å²) < 4.78 is 11.1. The van der Waals surface area contributed by atoms with E-state index in [0.717, 1.165) is 15.9 Å². The van der Waals surface area contributed by atoms with Crippen LogP contribution in [0.2, 0.25) is 0 Å². The molecule has 4 nitrogen and oxygen atoms in total. The average molecular weight is 349 g/mol. The fourth-order valence-electron chi connectivity index (χ4n) is 2.63. The predicted molar refractivity (Wildman–Crippen MR) is 94.5 cm³/mol. The molecule has 6 heteroatoms. The van der Waals surface area contributed by atoms with Crippen LogP contribution < -0.4 is 0 Å². The summed E-state index contributed by atoms with van der Waals surface area (Å²) in [6.07, 6.45) is 0.624. The average Bonchev–Trinajstić information content (AvgIpc) is 2.52. The van der Waals surface area contributed by atoms with Crippen LogP contribution in [0.15, 0.2) is 41.4 Å². The molecule has 1 N–H and O–H groups in total. The molecule has 0 aliphatic rings. The number of hydrogen-bond acceptors (Lipinski definition) is 4. The van der Waals surface area contributed by atoms with Gasteiger partial charge in [0, 0.05) is 17.3 Å². The maximum Gasteiger partial charge on any atom is 0.311 e. The number of carbonyl (C=O) groups is 1. The van der Waals surface area contributed by atoms with Gasteiger partial charge in [0.05, 0.1) is 16.0 Å². The van der Waals surface area contributed by atoms with E-state index in [0.29, 0.717) is 12.2 Å². The predicted octanol–water partition coefficient (Wildman–Crippen LogP) is 4.74. The van der Waals surface area contributed by atoms with Crippen LogP contribution in [0, 0.1) is 11.3 Å². The normalized spacial score (nSPS) is 14.2. The molecule has 122 valence electrons. The van der Waals surface area contributed by atoms with Gasteiger partial charge in [0.1, 0.15) is 0 Å². The summed E-state index contributed by atoms with van der Waals surface area (Å²) in [5, 5.41) is 11.5. The molecule has 23 heavy (non-hydrogen) atoms. The van der Waals surface area contributed by atoms with E-state index in [2.05, 4.69) is 4.98 Å². The number of aromatic nitrogens is 1. The lowest BCUT2D eigenvalue weighted by molar-refractivity contribution is -0.147. The van der Waals surface area contributed by atoms with Crippen LogP contribution in [0.1, 0.15) is 20.3 Å². The number of fused-ring (bicyclic) bond motifs is 1. The van der Waals surface area contributed by atoms with Gasteiger partial charge in [-0.05, 0) is 24.5 Å². The Hall–Kier alpha value is -1.45. The van der Waals surface area contributed by atoms with Crippen molar-refractivity contribution in [2.45, 2.75) is 25.3 Å². The van der Waals surface area contributed by atoms with Gasteiger partial charge in [-0.15, -0.1) is 11.8 Å². The van der Waals surface area contributed by atoms with Crippen molar-refractivity contribution in [1.29, 1.82) is 0 Å². The van der Waals surface area contributed by atoms with E-state index in [4.69, 9.17) is 0 Å². The number of thioether (sulfide) groups is 1. The van der Waals surface area contributed by atoms with Crippen LogP contribution in [0.25, 0.3) is 10.9 Å². The van der Waals surface area contributed by atoms with Gasteiger partial charge in [0.2, 0.25) is 0 Å². The van der Waals surface area contributed by atoms with E-state index >= 15 is 0 Å². The van der Waals surface area contributed by atoms with Crippen molar-refractivity contribution in [2.75, 3.05) is 11.9 Å². The maximum atomic E-state index is 11.8. The number of carboxylic acid groups (broad SMARTS) is 1. The number of rotatable bonds is 8. The highest BCUT2D eigenvalue weighted by atomic mass is 32.2. The van der Waals surface area contributed by atoms with E-state index < -0.39 is 11.4 Å². The summed E-state index contributed by atoms with van der Waals surface area (Å²) in [5.74, 6) is -0.304. The Bertz CT molecular complexity index is 707. The highest BCUT2D eigenvalue weighted by Gasteiger charge is 2.39. The Labute approximate surface area is 141 Å². The SMILES string of the molecule is CC(C)CC(CP=O)(CSc1ccc2ccccc2n1)C(=O)O. The second kappa shape index (κ2) is 7.89. The molecule has 0 amide bonds. The monoisotopic (exact) mass is 349 g/mol. The third-order valence-electron chi connectivity index (χ3n) is 3.69. The van der Waals surface area contributed by atoms with E-state index in [1.54, 1.807) is 0 Å². The molecule has 0 spiro atoms. The largest absolute Gasteiger partial charge is 0.481 e. The molecule has 1 aromatic heterocycles. The summed E-state index contributed by atoms with van der Waals surface area (Å²) in [6, 6.07) is 11.7. The topological polar surface area (TPSA) is 67.3 Å². The number of nitrogens with zero attached hydrogens (tertiary/aromatic N) is 1. The third kappa shape index (κ3) is 4.52. The van der Waals surface area contributed by atoms with Gasteiger partial charge in [0.15, 0.2) is 8.46 Å². The number of pyridine rings is 1. The Morgan fingerprint density at radius 3 is 2.70 bits per heavy atom. The van der Waals surface area contributed by atoms with Crippen LogP contribution in [-0.2, 0) is 9.36 Å². The second-order valence-corrected chi connectivity index (χ2v) is 7.67. The minimum atomic E-state index is -0.991. The van der Waals surface area contributed by atoms with Crippen LogP contribution in [-0.4, -0.2) is 28.0 Å². The highest BCUT2D eigenvalue weighted by Crippen LogP contribution is 2.36. The quantitative estimate of drug-likeness (QED) is 0.551. The van der Waals surface area contributed by atoms with Crippen molar-refractivity contribution in [2.24, 2.45) is 11.3 Å². The highest BCUT2D eigenvalue weighted by molar-refractivity contribution is 7.99. The zero-order chi connectivity index (χ0) is 16.9. The van der Waals surface area contributed by atoms with Crippen molar-refractivity contribution >= 4 is 37.1 Å². The second-order valence-electron chi connectivity index (χ2n) is 6.10. The van der Waals surface area contributed by atoms with E-state index in [-0.39, 0.29) is 20.5 Å². The Morgan fingerprint density at radius 2 is 2.04 bits per heavy atom. The molecule has 0 saturated carbocycles. The van der Waals surface area contributed by atoms with Gasteiger partial charge >= 0.3 is 5.97 Å². The molecule has 0 saturated heterocycles. The molecule has 1 aromatic carbocycles. The van der Waals surface area contributed by atoms with Crippen molar-refractivity contribution in [1.82, 2.24) is 4.98 Å². The number of carboxylic acids is 1. The number of benzene rings is 1. The first kappa shape index (κ1) is 17.9. The molecule has 2 rings (SSSR count). The van der Waals surface area contributed by atoms with Gasteiger partial charge in [-0.2, -0.15) is 0 Å². The minimum Gasteiger partial charge on any atom is -0.481 e.